The van der Waals surface area contributed by atoms with Gasteiger partial charge in [0.15, 0.2) is 0 Å². The zero-order valence-corrected chi connectivity index (χ0v) is 28.4. The number of fused-ring (bicyclic) bond motifs is 1. The first-order valence-electron chi connectivity index (χ1n) is 16.2. The van der Waals surface area contributed by atoms with E-state index in [4.69, 9.17) is 26.3 Å². The normalized spacial score (nSPS) is 13.7. The van der Waals surface area contributed by atoms with Gasteiger partial charge in [0.1, 0.15) is 23.6 Å². The summed E-state index contributed by atoms with van der Waals surface area (Å²) in [7, 11) is 0. The van der Waals surface area contributed by atoms with Crippen molar-refractivity contribution in [2.24, 2.45) is 0 Å². The molecule has 4 aromatic rings. The molecule has 0 aromatic heterocycles. The van der Waals surface area contributed by atoms with Crippen LogP contribution in [0.1, 0.15) is 53.1 Å². The van der Waals surface area contributed by atoms with Gasteiger partial charge < -0.3 is 25.0 Å². The summed E-state index contributed by atoms with van der Waals surface area (Å²) in [6.07, 6.45) is 1.93. The monoisotopic (exact) mass is 667 g/mol. The van der Waals surface area contributed by atoms with Crippen molar-refractivity contribution in [2.75, 3.05) is 19.8 Å². The number of rotatable bonds is 14. The number of hydrogen-bond donors (Lipinski definition) is 4. The third kappa shape index (κ3) is 7.83. The molecule has 5 rings (SSSR count). The van der Waals surface area contributed by atoms with Crippen molar-refractivity contribution in [3.63, 3.8) is 0 Å². The molecular formula is C39H42ClN3O5. The van der Waals surface area contributed by atoms with Gasteiger partial charge >= 0.3 is 5.97 Å². The Morgan fingerprint density at radius 2 is 1.73 bits per heavy atom. The minimum atomic E-state index is -1.54. The number of carboxylic acid groups (broad SMARTS) is 1. The number of halogens is 1. The number of aliphatic hydroxyl groups is 1. The average molecular weight is 668 g/mol. The Morgan fingerprint density at radius 1 is 0.979 bits per heavy atom. The smallest absolute Gasteiger partial charge is 0.326 e. The molecule has 0 amide bonds. The number of ether oxygens (including phenoxy) is 2. The molecule has 1 heterocycles. The molecule has 4 aromatic carbocycles. The minimum absolute atomic E-state index is 0.0822. The molecule has 0 saturated carbocycles. The third-order valence-electron chi connectivity index (χ3n) is 9.12. The van der Waals surface area contributed by atoms with E-state index in [1.54, 1.807) is 12.1 Å². The van der Waals surface area contributed by atoms with Gasteiger partial charge in [0.25, 0.3) is 0 Å². The second-order valence-corrected chi connectivity index (χ2v) is 12.8. The van der Waals surface area contributed by atoms with E-state index >= 15 is 0 Å². The molecular weight excluding hydrogens is 626 g/mol. The van der Waals surface area contributed by atoms with Gasteiger partial charge in [-0.1, -0.05) is 60.1 Å². The van der Waals surface area contributed by atoms with Crippen LogP contribution in [0.25, 0.3) is 22.3 Å². The summed E-state index contributed by atoms with van der Waals surface area (Å²) in [5.41, 5.74) is 9.91. The minimum Gasteiger partial charge on any atom is -0.493 e. The van der Waals surface area contributed by atoms with E-state index in [9.17, 15) is 15.0 Å². The molecule has 0 bridgehead atoms. The van der Waals surface area contributed by atoms with Gasteiger partial charge in [-0.15, -0.1) is 0 Å². The van der Waals surface area contributed by atoms with Crippen LogP contribution in [0.2, 0.25) is 5.02 Å². The number of carboxylic acids is 1. The Morgan fingerprint density at radius 3 is 2.48 bits per heavy atom. The lowest BCUT2D eigenvalue weighted by molar-refractivity contribution is -0.145. The first kappa shape index (κ1) is 34.9. The van der Waals surface area contributed by atoms with Crippen LogP contribution in [0, 0.1) is 25.2 Å². The van der Waals surface area contributed by atoms with Gasteiger partial charge in [0.05, 0.1) is 24.3 Å². The number of unbranched alkanes of at least 4 members (excludes halogenated alkanes) is 1. The van der Waals surface area contributed by atoms with Crippen molar-refractivity contribution in [3.05, 3.63) is 105 Å². The molecule has 250 valence electrons. The van der Waals surface area contributed by atoms with E-state index in [1.807, 2.05) is 12.1 Å². The zero-order valence-electron chi connectivity index (χ0n) is 27.7. The fourth-order valence-electron chi connectivity index (χ4n) is 5.96. The molecule has 4 N–H and O–H groups in total. The topological polar surface area (TPSA) is 124 Å². The summed E-state index contributed by atoms with van der Waals surface area (Å²) in [4.78, 5) is 11.7. The van der Waals surface area contributed by atoms with Crippen LogP contribution in [0.15, 0.2) is 66.7 Å². The van der Waals surface area contributed by atoms with E-state index in [0.717, 1.165) is 36.2 Å². The number of benzene rings is 4. The highest BCUT2D eigenvalue weighted by atomic mass is 35.5. The average Bonchev–Trinajstić information content (AvgIpc) is 3.09. The largest absolute Gasteiger partial charge is 0.493 e. The quantitative estimate of drug-likeness (QED) is 0.105. The molecule has 1 atom stereocenters. The Balaban J connectivity index is 1.38. The predicted molar refractivity (Wildman–Crippen MR) is 188 cm³/mol. The van der Waals surface area contributed by atoms with Gasteiger partial charge in [-0.3, -0.25) is 10.1 Å². The Kier molecular flexibility index (Phi) is 11.4. The second-order valence-electron chi connectivity index (χ2n) is 12.4. The van der Waals surface area contributed by atoms with Crippen molar-refractivity contribution in [3.8, 4) is 39.8 Å². The standard InChI is InChI=1S/C39H42ClN3O5/c1-25-29(8-6-10-33(25)34-11-7-9-32(26(34)2)28-13-12-27-14-16-42-21-30(27)18-28)23-48-37-20-36(47-17-5-4-15-41)31(19-35(37)40)22-43-39(3,24-44)38(45)46/h6-13,18-20,42-44H,4-5,14,16-17,21-24H2,1-3H3,(H,45,46)/t39-/m0/s1. The van der Waals surface area contributed by atoms with Crippen LogP contribution < -0.4 is 20.1 Å². The summed E-state index contributed by atoms with van der Waals surface area (Å²) in [5, 5.41) is 34.9. The first-order valence-corrected chi connectivity index (χ1v) is 16.6. The molecule has 8 nitrogen and oxygen atoms in total. The molecule has 1 aliphatic heterocycles. The Hall–Kier alpha value is -4.39. The van der Waals surface area contributed by atoms with E-state index in [2.05, 4.69) is 73.0 Å². The van der Waals surface area contributed by atoms with E-state index in [-0.39, 0.29) is 13.2 Å². The summed E-state index contributed by atoms with van der Waals surface area (Å²) in [6, 6.07) is 25.0. The van der Waals surface area contributed by atoms with Gasteiger partial charge in [0.2, 0.25) is 0 Å². The maximum atomic E-state index is 11.7. The van der Waals surface area contributed by atoms with Crippen LogP contribution in [0.5, 0.6) is 11.5 Å². The van der Waals surface area contributed by atoms with Gasteiger partial charge in [-0.2, -0.15) is 5.26 Å². The number of hydrogen-bond acceptors (Lipinski definition) is 7. The van der Waals surface area contributed by atoms with Crippen LogP contribution in [0.4, 0.5) is 0 Å². The van der Waals surface area contributed by atoms with Crippen LogP contribution in [0.3, 0.4) is 0 Å². The van der Waals surface area contributed by atoms with Crippen molar-refractivity contribution >= 4 is 17.6 Å². The number of aliphatic hydroxyl groups excluding tert-OH is 1. The lowest BCUT2D eigenvalue weighted by atomic mass is 9.88. The number of nitrogens with zero attached hydrogens (tertiary/aromatic N) is 1. The third-order valence-corrected chi connectivity index (χ3v) is 9.42. The Bertz CT molecular complexity index is 1840. The molecule has 1 aliphatic rings. The summed E-state index contributed by atoms with van der Waals surface area (Å²) in [6.45, 7) is 7.65. The molecule has 0 unspecified atom stereocenters. The zero-order chi connectivity index (χ0) is 34.3. The van der Waals surface area contributed by atoms with Gasteiger partial charge in [-0.05, 0) is 102 Å². The maximum absolute atomic E-state index is 11.7. The molecule has 0 fully saturated rings. The first-order chi connectivity index (χ1) is 23.1. The summed E-state index contributed by atoms with van der Waals surface area (Å²) >= 11 is 6.68. The van der Waals surface area contributed by atoms with Gasteiger partial charge in [0, 0.05) is 31.1 Å². The van der Waals surface area contributed by atoms with Crippen molar-refractivity contribution in [1.82, 2.24) is 10.6 Å². The lowest BCUT2D eigenvalue weighted by Gasteiger charge is -2.25. The molecule has 0 radical (unpaired) electrons. The fourth-order valence-corrected chi connectivity index (χ4v) is 6.20. The van der Waals surface area contributed by atoms with Crippen LogP contribution in [-0.4, -0.2) is 41.5 Å². The van der Waals surface area contributed by atoms with E-state index < -0.39 is 18.1 Å². The second kappa shape index (κ2) is 15.7. The SMILES string of the molecule is Cc1c(COc2cc(OCCCC#N)c(CN[C@@](C)(CO)C(=O)O)cc2Cl)cccc1-c1cccc(-c2ccc3c(c2)CNCC3)c1C. The molecule has 0 spiro atoms. The number of aliphatic carboxylic acids is 1. The maximum Gasteiger partial charge on any atom is 0.326 e. The molecule has 9 heteroatoms. The highest BCUT2D eigenvalue weighted by Crippen LogP contribution is 2.37. The van der Waals surface area contributed by atoms with Crippen LogP contribution in [-0.2, 0) is 30.9 Å². The molecule has 0 saturated heterocycles. The van der Waals surface area contributed by atoms with Gasteiger partial charge in [-0.25, -0.2) is 0 Å². The van der Waals surface area contributed by atoms with Crippen molar-refractivity contribution < 1.29 is 24.5 Å². The summed E-state index contributed by atoms with van der Waals surface area (Å²) < 4.78 is 12.3. The van der Waals surface area contributed by atoms with E-state index in [0.29, 0.717) is 41.5 Å². The molecule has 0 aliphatic carbocycles. The van der Waals surface area contributed by atoms with Crippen molar-refractivity contribution in [1.29, 1.82) is 5.26 Å². The summed E-state index contributed by atoms with van der Waals surface area (Å²) in [5.74, 6) is -0.298. The molecule has 48 heavy (non-hydrogen) atoms. The highest BCUT2D eigenvalue weighted by molar-refractivity contribution is 6.32. The van der Waals surface area contributed by atoms with Crippen molar-refractivity contribution in [2.45, 2.75) is 65.3 Å². The number of carbonyl (C=O) groups is 1. The number of nitrogens with one attached hydrogen (secondary N) is 2. The fraction of sp³-hybridized carbons (Fsp3) is 0.333. The van der Waals surface area contributed by atoms with E-state index in [1.165, 1.54) is 40.3 Å². The number of nitriles is 1. The Labute approximate surface area is 287 Å². The lowest BCUT2D eigenvalue weighted by Crippen LogP contribution is -2.52. The highest BCUT2D eigenvalue weighted by Gasteiger charge is 2.32. The van der Waals surface area contributed by atoms with Crippen LogP contribution >= 0.6 is 11.6 Å². The predicted octanol–water partition coefficient (Wildman–Crippen LogP) is 7.12.